The van der Waals surface area contributed by atoms with Gasteiger partial charge in [0.15, 0.2) is 4.90 Å². The number of sulfonamides is 1. The fourth-order valence-corrected chi connectivity index (χ4v) is 2.72. The molecular formula is C10H12N2O6S. The van der Waals surface area contributed by atoms with Crippen molar-refractivity contribution < 1.29 is 22.9 Å². The number of nitro groups is 1. The van der Waals surface area contributed by atoms with Gasteiger partial charge in [0.25, 0.3) is 5.69 Å². The number of hydrogen-bond donors (Lipinski definition) is 1. The maximum Gasteiger partial charge on any atom is 0.323 e. The first kappa shape index (κ1) is 15.1. The maximum atomic E-state index is 12.0. The molecule has 8 nitrogen and oxygen atoms in total. The molecule has 1 atom stereocenters. The Balaban J connectivity index is 3.15. The van der Waals surface area contributed by atoms with Crippen LogP contribution in [0.3, 0.4) is 0 Å². The van der Waals surface area contributed by atoms with E-state index in [0.29, 0.717) is 0 Å². The van der Waals surface area contributed by atoms with E-state index in [1.807, 2.05) is 4.72 Å². The number of ether oxygens (including phenoxy) is 1. The lowest BCUT2D eigenvalue weighted by Crippen LogP contribution is -2.39. The van der Waals surface area contributed by atoms with Crippen LogP contribution in [-0.2, 0) is 19.6 Å². The molecular weight excluding hydrogens is 276 g/mol. The van der Waals surface area contributed by atoms with Gasteiger partial charge >= 0.3 is 5.97 Å². The van der Waals surface area contributed by atoms with E-state index in [1.165, 1.54) is 19.1 Å². The van der Waals surface area contributed by atoms with Crippen molar-refractivity contribution in [1.82, 2.24) is 4.72 Å². The Morgan fingerprint density at radius 2 is 2.00 bits per heavy atom. The molecule has 1 rings (SSSR count). The number of carbonyl (C=O) groups excluding carboxylic acids is 1. The third-order valence-corrected chi connectivity index (χ3v) is 3.83. The Kier molecular flexibility index (Phi) is 4.57. The average Bonchev–Trinajstić information content (AvgIpc) is 2.37. The Labute approximate surface area is 109 Å². The van der Waals surface area contributed by atoms with E-state index in [9.17, 15) is 23.3 Å². The highest BCUT2D eigenvalue weighted by Gasteiger charge is 2.28. The zero-order valence-corrected chi connectivity index (χ0v) is 11.0. The minimum Gasteiger partial charge on any atom is -0.468 e. The SMILES string of the molecule is COC(=O)[C@@H](C)NS(=O)(=O)c1ccccc1[N+](=O)[O-]. The van der Waals surface area contributed by atoms with Crippen LogP contribution in [0.1, 0.15) is 6.92 Å². The molecule has 0 aliphatic heterocycles. The number of rotatable bonds is 5. The van der Waals surface area contributed by atoms with Gasteiger partial charge in [0.05, 0.1) is 12.0 Å². The minimum atomic E-state index is -4.18. The summed E-state index contributed by atoms with van der Waals surface area (Å²) in [6.45, 7) is 1.28. The summed E-state index contributed by atoms with van der Waals surface area (Å²) in [6.07, 6.45) is 0. The van der Waals surface area contributed by atoms with Crippen LogP contribution in [0.15, 0.2) is 29.2 Å². The summed E-state index contributed by atoms with van der Waals surface area (Å²) in [5, 5.41) is 10.8. The molecule has 0 saturated heterocycles. The molecule has 0 aliphatic carbocycles. The summed E-state index contributed by atoms with van der Waals surface area (Å²) in [5.41, 5.74) is -0.563. The van der Waals surface area contributed by atoms with E-state index < -0.39 is 37.5 Å². The number of esters is 1. The highest BCUT2D eigenvalue weighted by molar-refractivity contribution is 7.89. The molecule has 1 aromatic rings. The molecule has 0 spiro atoms. The smallest absolute Gasteiger partial charge is 0.323 e. The van der Waals surface area contributed by atoms with Gasteiger partial charge < -0.3 is 4.74 Å². The van der Waals surface area contributed by atoms with Crippen LogP contribution in [0, 0.1) is 10.1 Å². The number of carbonyl (C=O) groups is 1. The fourth-order valence-electron chi connectivity index (χ4n) is 1.36. The Morgan fingerprint density at radius 3 is 2.53 bits per heavy atom. The number of methoxy groups -OCH3 is 1. The molecule has 0 unspecified atom stereocenters. The highest BCUT2D eigenvalue weighted by atomic mass is 32.2. The Bertz CT molecular complexity index is 598. The van der Waals surface area contributed by atoms with Crippen molar-refractivity contribution in [2.75, 3.05) is 7.11 Å². The molecule has 0 fully saturated rings. The molecule has 0 radical (unpaired) electrons. The Hall–Kier alpha value is -2.00. The fraction of sp³-hybridized carbons (Fsp3) is 0.300. The third kappa shape index (κ3) is 3.48. The number of nitro benzene ring substituents is 1. The van der Waals surface area contributed by atoms with Crippen LogP contribution in [-0.4, -0.2) is 32.5 Å². The van der Waals surface area contributed by atoms with Gasteiger partial charge in [-0.1, -0.05) is 12.1 Å². The van der Waals surface area contributed by atoms with E-state index in [1.54, 1.807) is 0 Å². The standard InChI is InChI=1S/C10H12N2O6S/c1-7(10(13)18-2)11-19(16,17)9-6-4-3-5-8(9)12(14)15/h3-7,11H,1-2H3/t7-/m1/s1. The lowest BCUT2D eigenvalue weighted by molar-refractivity contribution is -0.387. The summed E-state index contributed by atoms with van der Waals surface area (Å²) in [4.78, 5) is 20.6. The summed E-state index contributed by atoms with van der Waals surface area (Å²) >= 11 is 0. The molecule has 0 bridgehead atoms. The van der Waals surface area contributed by atoms with E-state index in [-0.39, 0.29) is 0 Å². The lowest BCUT2D eigenvalue weighted by Gasteiger charge is -2.12. The molecule has 19 heavy (non-hydrogen) atoms. The molecule has 9 heteroatoms. The van der Waals surface area contributed by atoms with Gasteiger partial charge in [-0.05, 0) is 13.0 Å². The number of nitrogens with zero attached hydrogens (tertiary/aromatic N) is 1. The van der Waals surface area contributed by atoms with Gasteiger partial charge in [0.2, 0.25) is 10.0 Å². The van der Waals surface area contributed by atoms with Crippen molar-refractivity contribution in [2.45, 2.75) is 17.9 Å². The van der Waals surface area contributed by atoms with Crippen LogP contribution in [0.5, 0.6) is 0 Å². The molecule has 0 heterocycles. The van der Waals surface area contributed by atoms with Gasteiger partial charge in [-0.15, -0.1) is 0 Å². The lowest BCUT2D eigenvalue weighted by atomic mass is 10.3. The zero-order chi connectivity index (χ0) is 14.6. The van der Waals surface area contributed by atoms with Crippen LogP contribution >= 0.6 is 0 Å². The van der Waals surface area contributed by atoms with E-state index in [4.69, 9.17) is 0 Å². The van der Waals surface area contributed by atoms with Gasteiger partial charge in [-0.25, -0.2) is 8.42 Å². The number of benzene rings is 1. The van der Waals surface area contributed by atoms with Crippen LogP contribution in [0.4, 0.5) is 5.69 Å². The quantitative estimate of drug-likeness (QED) is 0.477. The first-order chi connectivity index (χ1) is 8.79. The summed E-state index contributed by atoms with van der Waals surface area (Å²) < 4.78 is 30.3. The van der Waals surface area contributed by atoms with Crippen LogP contribution in [0.25, 0.3) is 0 Å². The number of nitrogens with one attached hydrogen (secondary N) is 1. The predicted octanol–water partition coefficient (Wildman–Crippen LogP) is 0.435. The first-order valence-electron chi connectivity index (χ1n) is 5.13. The van der Waals surface area contributed by atoms with Crippen molar-refractivity contribution in [3.8, 4) is 0 Å². The van der Waals surface area contributed by atoms with Crippen molar-refractivity contribution >= 4 is 21.7 Å². The second kappa shape index (κ2) is 5.76. The summed E-state index contributed by atoms with van der Waals surface area (Å²) in [6, 6.07) is 3.71. The van der Waals surface area contributed by atoms with Gasteiger partial charge in [-0.2, -0.15) is 4.72 Å². The summed E-state index contributed by atoms with van der Waals surface area (Å²) in [5.74, 6) is -0.790. The second-order valence-corrected chi connectivity index (χ2v) is 5.27. The van der Waals surface area contributed by atoms with E-state index >= 15 is 0 Å². The topological polar surface area (TPSA) is 116 Å². The second-order valence-electron chi connectivity index (χ2n) is 3.59. The molecule has 104 valence electrons. The molecule has 0 saturated carbocycles. The minimum absolute atomic E-state index is 0.504. The average molecular weight is 288 g/mol. The third-order valence-electron chi connectivity index (χ3n) is 2.24. The number of para-hydroxylation sites is 1. The molecule has 0 aliphatic rings. The van der Waals surface area contributed by atoms with E-state index in [0.717, 1.165) is 19.2 Å². The van der Waals surface area contributed by atoms with Crippen molar-refractivity contribution in [3.63, 3.8) is 0 Å². The van der Waals surface area contributed by atoms with Crippen molar-refractivity contribution in [1.29, 1.82) is 0 Å². The number of hydrogen-bond acceptors (Lipinski definition) is 6. The highest BCUT2D eigenvalue weighted by Crippen LogP contribution is 2.22. The molecule has 0 aromatic heterocycles. The zero-order valence-electron chi connectivity index (χ0n) is 10.2. The van der Waals surface area contributed by atoms with Crippen LogP contribution < -0.4 is 4.72 Å². The first-order valence-corrected chi connectivity index (χ1v) is 6.61. The predicted molar refractivity (Wildman–Crippen MR) is 64.9 cm³/mol. The van der Waals surface area contributed by atoms with Gasteiger partial charge in [0.1, 0.15) is 6.04 Å². The largest absolute Gasteiger partial charge is 0.468 e. The van der Waals surface area contributed by atoms with Crippen molar-refractivity contribution in [3.05, 3.63) is 34.4 Å². The van der Waals surface area contributed by atoms with E-state index in [2.05, 4.69) is 4.74 Å². The van der Waals surface area contributed by atoms with Crippen molar-refractivity contribution in [2.24, 2.45) is 0 Å². The van der Waals surface area contributed by atoms with Gasteiger partial charge in [0, 0.05) is 6.07 Å². The molecule has 1 N–H and O–H groups in total. The molecule has 0 amide bonds. The molecule has 1 aromatic carbocycles. The van der Waals surface area contributed by atoms with Crippen LogP contribution in [0.2, 0.25) is 0 Å². The normalized spacial score (nSPS) is 12.7. The monoisotopic (exact) mass is 288 g/mol. The Morgan fingerprint density at radius 1 is 1.42 bits per heavy atom. The maximum absolute atomic E-state index is 12.0. The van der Waals surface area contributed by atoms with Gasteiger partial charge in [-0.3, -0.25) is 14.9 Å². The summed E-state index contributed by atoms with van der Waals surface area (Å²) in [7, 11) is -3.07.